The minimum Gasteiger partial charge on any atom is -0.314 e. The summed E-state index contributed by atoms with van der Waals surface area (Å²) in [6, 6.07) is 0. The SMILES string of the molecule is CC1CCn2c(nnc2C2CCCS2)C1. The van der Waals surface area contributed by atoms with Crippen molar-refractivity contribution in [3.8, 4) is 0 Å². The standard InChI is InChI=1S/C11H17N3S/c1-8-4-5-14-10(7-8)12-13-11(14)9-3-2-6-15-9/h8-9H,2-7H2,1H3. The van der Waals surface area contributed by atoms with Crippen LogP contribution in [0.25, 0.3) is 0 Å². The average Bonchev–Trinajstić information content (AvgIpc) is 2.82. The van der Waals surface area contributed by atoms with Crippen LogP contribution in [0.2, 0.25) is 0 Å². The third-order valence-electron chi connectivity index (χ3n) is 3.45. The molecule has 0 spiro atoms. The number of fused-ring (bicyclic) bond motifs is 1. The molecular weight excluding hydrogens is 206 g/mol. The zero-order chi connectivity index (χ0) is 10.3. The molecule has 0 aliphatic carbocycles. The normalized spacial score (nSPS) is 30.5. The molecule has 0 radical (unpaired) electrons. The molecule has 15 heavy (non-hydrogen) atoms. The number of thioether (sulfide) groups is 1. The second-order valence-electron chi connectivity index (χ2n) is 4.73. The molecule has 82 valence electrons. The highest BCUT2D eigenvalue weighted by Crippen LogP contribution is 2.39. The van der Waals surface area contributed by atoms with Crippen LogP contribution < -0.4 is 0 Å². The quantitative estimate of drug-likeness (QED) is 0.732. The summed E-state index contributed by atoms with van der Waals surface area (Å²) < 4.78 is 2.38. The largest absolute Gasteiger partial charge is 0.314 e. The predicted octanol–water partition coefficient (Wildman–Crippen LogP) is 2.43. The van der Waals surface area contributed by atoms with Crippen molar-refractivity contribution in [2.75, 3.05) is 5.75 Å². The Labute approximate surface area is 94.7 Å². The smallest absolute Gasteiger partial charge is 0.146 e. The molecular formula is C11H17N3S. The van der Waals surface area contributed by atoms with Gasteiger partial charge in [-0.2, -0.15) is 11.8 Å². The van der Waals surface area contributed by atoms with Crippen molar-refractivity contribution < 1.29 is 0 Å². The fourth-order valence-corrected chi connectivity index (χ4v) is 3.80. The lowest BCUT2D eigenvalue weighted by molar-refractivity contribution is 0.402. The molecule has 1 aromatic heterocycles. The molecule has 3 rings (SSSR count). The molecule has 2 atom stereocenters. The lowest BCUT2D eigenvalue weighted by Gasteiger charge is -2.21. The van der Waals surface area contributed by atoms with Gasteiger partial charge in [-0.3, -0.25) is 0 Å². The van der Waals surface area contributed by atoms with Crippen LogP contribution in [0, 0.1) is 5.92 Å². The molecule has 2 aliphatic heterocycles. The first kappa shape index (κ1) is 9.70. The van der Waals surface area contributed by atoms with Crippen LogP contribution in [0.3, 0.4) is 0 Å². The van der Waals surface area contributed by atoms with Crippen molar-refractivity contribution in [1.82, 2.24) is 14.8 Å². The third-order valence-corrected chi connectivity index (χ3v) is 4.82. The topological polar surface area (TPSA) is 30.7 Å². The maximum Gasteiger partial charge on any atom is 0.146 e. The molecule has 0 aromatic carbocycles. The van der Waals surface area contributed by atoms with Crippen molar-refractivity contribution in [3.05, 3.63) is 11.6 Å². The maximum atomic E-state index is 4.41. The van der Waals surface area contributed by atoms with Crippen LogP contribution in [-0.2, 0) is 13.0 Å². The van der Waals surface area contributed by atoms with Gasteiger partial charge in [-0.1, -0.05) is 6.92 Å². The van der Waals surface area contributed by atoms with E-state index in [-0.39, 0.29) is 0 Å². The van der Waals surface area contributed by atoms with E-state index in [9.17, 15) is 0 Å². The Bertz CT molecular complexity index is 355. The second-order valence-corrected chi connectivity index (χ2v) is 6.04. The summed E-state index contributed by atoms with van der Waals surface area (Å²) in [5, 5.41) is 9.38. The van der Waals surface area contributed by atoms with Gasteiger partial charge in [0, 0.05) is 13.0 Å². The summed E-state index contributed by atoms with van der Waals surface area (Å²) in [5.41, 5.74) is 0. The van der Waals surface area contributed by atoms with Crippen molar-refractivity contribution in [2.45, 2.75) is 44.4 Å². The van der Waals surface area contributed by atoms with E-state index in [1.165, 1.54) is 36.7 Å². The molecule has 2 unspecified atom stereocenters. The summed E-state index contributed by atoms with van der Waals surface area (Å²) in [5.74, 6) is 4.55. The highest BCUT2D eigenvalue weighted by Gasteiger charge is 2.27. The third kappa shape index (κ3) is 1.69. The summed E-state index contributed by atoms with van der Waals surface area (Å²) >= 11 is 2.05. The van der Waals surface area contributed by atoms with Crippen LogP contribution in [0.5, 0.6) is 0 Å². The second kappa shape index (κ2) is 3.81. The van der Waals surface area contributed by atoms with E-state index in [0.717, 1.165) is 18.9 Å². The number of aromatic nitrogens is 3. The van der Waals surface area contributed by atoms with Crippen molar-refractivity contribution in [1.29, 1.82) is 0 Å². The van der Waals surface area contributed by atoms with Crippen molar-refractivity contribution >= 4 is 11.8 Å². The Hall–Kier alpha value is -0.510. The number of hydrogen-bond acceptors (Lipinski definition) is 3. The van der Waals surface area contributed by atoms with E-state index >= 15 is 0 Å². The summed E-state index contributed by atoms with van der Waals surface area (Å²) in [7, 11) is 0. The van der Waals surface area contributed by atoms with Gasteiger partial charge in [0.1, 0.15) is 11.6 Å². The van der Waals surface area contributed by atoms with Crippen LogP contribution in [0.4, 0.5) is 0 Å². The molecule has 2 aliphatic rings. The summed E-state index contributed by atoms with van der Waals surface area (Å²) in [4.78, 5) is 0. The van der Waals surface area contributed by atoms with Gasteiger partial charge in [0.2, 0.25) is 0 Å². The maximum absolute atomic E-state index is 4.41. The Kier molecular flexibility index (Phi) is 2.47. The lowest BCUT2D eigenvalue weighted by atomic mass is 10.0. The molecule has 0 N–H and O–H groups in total. The van der Waals surface area contributed by atoms with Gasteiger partial charge in [0.25, 0.3) is 0 Å². The van der Waals surface area contributed by atoms with Crippen LogP contribution in [-0.4, -0.2) is 20.5 Å². The zero-order valence-electron chi connectivity index (χ0n) is 9.15. The van der Waals surface area contributed by atoms with E-state index in [4.69, 9.17) is 0 Å². The van der Waals surface area contributed by atoms with Crippen LogP contribution >= 0.6 is 11.8 Å². The molecule has 0 bridgehead atoms. The fraction of sp³-hybridized carbons (Fsp3) is 0.818. The highest BCUT2D eigenvalue weighted by atomic mass is 32.2. The first-order chi connectivity index (χ1) is 7.34. The van der Waals surface area contributed by atoms with E-state index in [0.29, 0.717) is 5.25 Å². The summed E-state index contributed by atoms with van der Waals surface area (Å²) in [6.07, 6.45) is 5.03. The fourth-order valence-electron chi connectivity index (χ4n) is 2.53. The van der Waals surface area contributed by atoms with Gasteiger partial charge in [-0.25, -0.2) is 0 Å². The molecule has 3 nitrogen and oxygen atoms in total. The lowest BCUT2D eigenvalue weighted by Crippen LogP contribution is -2.19. The van der Waals surface area contributed by atoms with Crippen LogP contribution in [0.1, 0.15) is 43.1 Å². The minimum absolute atomic E-state index is 0.625. The van der Waals surface area contributed by atoms with E-state index in [1.54, 1.807) is 0 Å². The molecule has 4 heteroatoms. The van der Waals surface area contributed by atoms with Gasteiger partial charge in [-0.05, 0) is 30.9 Å². The monoisotopic (exact) mass is 223 g/mol. The Morgan fingerprint density at radius 3 is 3.07 bits per heavy atom. The first-order valence-corrected chi connectivity index (χ1v) is 6.93. The minimum atomic E-state index is 0.625. The average molecular weight is 223 g/mol. The Morgan fingerprint density at radius 1 is 1.33 bits per heavy atom. The van der Waals surface area contributed by atoms with Crippen LogP contribution in [0.15, 0.2) is 0 Å². The molecule has 1 fully saturated rings. The Balaban J connectivity index is 1.90. The van der Waals surface area contributed by atoms with Gasteiger partial charge in [0.15, 0.2) is 0 Å². The van der Waals surface area contributed by atoms with Gasteiger partial charge in [-0.15, -0.1) is 10.2 Å². The van der Waals surface area contributed by atoms with E-state index in [1.807, 2.05) is 0 Å². The predicted molar refractivity (Wildman–Crippen MR) is 61.9 cm³/mol. The Morgan fingerprint density at radius 2 is 2.27 bits per heavy atom. The number of hydrogen-bond donors (Lipinski definition) is 0. The first-order valence-electron chi connectivity index (χ1n) is 5.88. The molecule has 3 heterocycles. The number of rotatable bonds is 1. The van der Waals surface area contributed by atoms with E-state index < -0.39 is 0 Å². The zero-order valence-corrected chi connectivity index (χ0v) is 9.96. The number of nitrogens with zero attached hydrogens (tertiary/aromatic N) is 3. The molecule has 1 saturated heterocycles. The highest BCUT2D eigenvalue weighted by molar-refractivity contribution is 7.99. The van der Waals surface area contributed by atoms with Crippen molar-refractivity contribution in [3.63, 3.8) is 0 Å². The van der Waals surface area contributed by atoms with Gasteiger partial charge >= 0.3 is 0 Å². The van der Waals surface area contributed by atoms with Gasteiger partial charge in [0.05, 0.1) is 5.25 Å². The van der Waals surface area contributed by atoms with E-state index in [2.05, 4.69) is 33.5 Å². The van der Waals surface area contributed by atoms with Gasteiger partial charge < -0.3 is 4.57 Å². The van der Waals surface area contributed by atoms with Crippen molar-refractivity contribution in [2.24, 2.45) is 5.92 Å². The molecule has 0 amide bonds. The molecule has 1 aromatic rings. The molecule has 0 saturated carbocycles. The summed E-state index contributed by atoms with van der Waals surface area (Å²) in [6.45, 7) is 3.44.